The lowest BCUT2D eigenvalue weighted by molar-refractivity contribution is -0.121. The molecule has 1 amide bonds. The molecule has 1 fully saturated rings. The third-order valence-electron chi connectivity index (χ3n) is 3.18. The van der Waals surface area contributed by atoms with E-state index in [0.717, 1.165) is 37.3 Å². The summed E-state index contributed by atoms with van der Waals surface area (Å²) in [5, 5.41) is 9.42. The van der Waals surface area contributed by atoms with E-state index in [4.69, 9.17) is 4.42 Å². The first-order valence-electron chi connectivity index (χ1n) is 5.17. The SMILES string of the molecule is O=C1Nc2cocc2NC12CCNCC2. The maximum absolute atomic E-state index is 12.0. The molecule has 1 saturated heterocycles. The van der Waals surface area contributed by atoms with Gasteiger partial charge in [0.1, 0.15) is 23.8 Å². The summed E-state index contributed by atoms with van der Waals surface area (Å²) in [5.74, 6) is 0.0536. The summed E-state index contributed by atoms with van der Waals surface area (Å²) < 4.78 is 5.06. The minimum atomic E-state index is -0.442. The largest absolute Gasteiger partial charge is 0.468 e. The Morgan fingerprint density at radius 2 is 1.93 bits per heavy atom. The van der Waals surface area contributed by atoms with E-state index in [-0.39, 0.29) is 5.91 Å². The number of rotatable bonds is 0. The van der Waals surface area contributed by atoms with Crippen LogP contribution in [0.25, 0.3) is 0 Å². The first-order valence-corrected chi connectivity index (χ1v) is 5.17. The Morgan fingerprint density at radius 1 is 1.20 bits per heavy atom. The minimum Gasteiger partial charge on any atom is -0.468 e. The van der Waals surface area contributed by atoms with Gasteiger partial charge in [0.15, 0.2) is 0 Å². The Morgan fingerprint density at radius 3 is 2.73 bits per heavy atom. The van der Waals surface area contributed by atoms with Crippen LogP contribution in [0.3, 0.4) is 0 Å². The number of piperidine rings is 1. The third kappa shape index (κ3) is 1.23. The van der Waals surface area contributed by atoms with E-state index < -0.39 is 5.54 Å². The summed E-state index contributed by atoms with van der Waals surface area (Å²) in [4.78, 5) is 12.0. The molecule has 3 heterocycles. The lowest BCUT2D eigenvalue weighted by Gasteiger charge is -2.40. The van der Waals surface area contributed by atoms with E-state index in [1.54, 1.807) is 12.5 Å². The summed E-state index contributed by atoms with van der Waals surface area (Å²) in [5.41, 5.74) is 1.18. The molecule has 0 bridgehead atoms. The van der Waals surface area contributed by atoms with Crippen molar-refractivity contribution in [3.05, 3.63) is 12.5 Å². The van der Waals surface area contributed by atoms with E-state index in [1.165, 1.54) is 0 Å². The van der Waals surface area contributed by atoms with Gasteiger partial charge in [-0.05, 0) is 25.9 Å². The predicted molar refractivity (Wildman–Crippen MR) is 55.8 cm³/mol. The number of carbonyl (C=O) groups is 1. The first kappa shape index (κ1) is 8.79. The number of hydrogen-bond acceptors (Lipinski definition) is 4. The fraction of sp³-hybridized carbons (Fsp3) is 0.500. The molecule has 0 radical (unpaired) electrons. The molecule has 0 atom stereocenters. The topological polar surface area (TPSA) is 66.3 Å². The van der Waals surface area contributed by atoms with Crippen molar-refractivity contribution in [3.63, 3.8) is 0 Å². The monoisotopic (exact) mass is 207 g/mol. The van der Waals surface area contributed by atoms with Crippen molar-refractivity contribution in [2.24, 2.45) is 0 Å². The summed E-state index contributed by atoms with van der Waals surface area (Å²) in [7, 11) is 0. The van der Waals surface area contributed by atoms with Crippen LogP contribution in [0.4, 0.5) is 11.4 Å². The predicted octanol–water partition coefficient (Wildman–Crippen LogP) is 0.766. The van der Waals surface area contributed by atoms with E-state index in [0.29, 0.717) is 0 Å². The number of fused-ring (bicyclic) bond motifs is 1. The van der Waals surface area contributed by atoms with Crippen LogP contribution in [-0.4, -0.2) is 24.5 Å². The van der Waals surface area contributed by atoms with Crippen LogP contribution >= 0.6 is 0 Å². The zero-order valence-electron chi connectivity index (χ0n) is 8.30. The fourth-order valence-electron chi connectivity index (χ4n) is 2.25. The smallest absolute Gasteiger partial charge is 0.250 e. The normalized spacial score (nSPS) is 23.1. The van der Waals surface area contributed by atoms with Crippen molar-refractivity contribution in [1.82, 2.24) is 5.32 Å². The van der Waals surface area contributed by atoms with Crippen LogP contribution in [0, 0.1) is 0 Å². The third-order valence-corrected chi connectivity index (χ3v) is 3.18. The van der Waals surface area contributed by atoms with Gasteiger partial charge in [0.2, 0.25) is 5.91 Å². The van der Waals surface area contributed by atoms with Crippen molar-refractivity contribution >= 4 is 17.3 Å². The van der Waals surface area contributed by atoms with Crippen LogP contribution in [0.5, 0.6) is 0 Å². The van der Waals surface area contributed by atoms with Crippen LogP contribution in [0.15, 0.2) is 16.9 Å². The highest BCUT2D eigenvalue weighted by molar-refractivity contribution is 6.05. The summed E-state index contributed by atoms with van der Waals surface area (Å²) in [6.07, 6.45) is 4.81. The van der Waals surface area contributed by atoms with Crippen LogP contribution in [0.1, 0.15) is 12.8 Å². The number of anilines is 2. The fourth-order valence-corrected chi connectivity index (χ4v) is 2.25. The van der Waals surface area contributed by atoms with Gasteiger partial charge in [0.25, 0.3) is 0 Å². The lowest BCUT2D eigenvalue weighted by Crippen LogP contribution is -2.57. The molecule has 0 aromatic carbocycles. The zero-order valence-corrected chi connectivity index (χ0v) is 8.30. The molecule has 80 valence electrons. The first-order chi connectivity index (χ1) is 7.30. The maximum Gasteiger partial charge on any atom is 0.250 e. The number of hydrogen-bond donors (Lipinski definition) is 3. The second-order valence-electron chi connectivity index (χ2n) is 4.11. The minimum absolute atomic E-state index is 0.0536. The molecule has 5 nitrogen and oxygen atoms in total. The number of nitrogens with one attached hydrogen (secondary N) is 3. The molecule has 0 aliphatic carbocycles. The van der Waals surface area contributed by atoms with Gasteiger partial charge in [0, 0.05) is 0 Å². The quantitative estimate of drug-likeness (QED) is 0.587. The van der Waals surface area contributed by atoms with E-state index in [1.807, 2.05) is 0 Å². The molecule has 0 saturated carbocycles. The van der Waals surface area contributed by atoms with E-state index in [2.05, 4.69) is 16.0 Å². The van der Waals surface area contributed by atoms with Gasteiger partial charge < -0.3 is 20.4 Å². The Hall–Kier alpha value is -1.49. The summed E-state index contributed by atoms with van der Waals surface area (Å²) in [6, 6.07) is 0. The molecule has 0 unspecified atom stereocenters. The molecule has 3 rings (SSSR count). The Kier molecular flexibility index (Phi) is 1.76. The Labute approximate surface area is 87.2 Å². The van der Waals surface area contributed by atoms with Gasteiger partial charge in [-0.25, -0.2) is 0 Å². The van der Waals surface area contributed by atoms with Gasteiger partial charge in [-0.15, -0.1) is 0 Å². The van der Waals surface area contributed by atoms with Crippen LogP contribution < -0.4 is 16.0 Å². The van der Waals surface area contributed by atoms with Gasteiger partial charge in [-0.3, -0.25) is 4.79 Å². The van der Waals surface area contributed by atoms with Crippen molar-refractivity contribution in [3.8, 4) is 0 Å². The average Bonchev–Trinajstić information content (AvgIpc) is 2.67. The van der Waals surface area contributed by atoms with Gasteiger partial charge in [-0.1, -0.05) is 0 Å². The summed E-state index contributed by atoms with van der Waals surface area (Å²) >= 11 is 0. The molecule has 5 heteroatoms. The molecule has 3 N–H and O–H groups in total. The van der Waals surface area contributed by atoms with Crippen molar-refractivity contribution in [2.45, 2.75) is 18.4 Å². The second kappa shape index (κ2) is 3.00. The van der Waals surface area contributed by atoms with Crippen molar-refractivity contribution < 1.29 is 9.21 Å². The Balaban J connectivity index is 1.95. The second-order valence-corrected chi connectivity index (χ2v) is 4.11. The number of carbonyl (C=O) groups excluding carboxylic acids is 1. The molecule has 2 aliphatic rings. The molecular weight excluding hydrogens is 194 g/mol. The van der Waals surface area contributed by atoms with Gasteiger partial charge in [-0.2, -0.15) is 0 Å². The van der Waals surface area contributed by atoms with E-state index in [9.17, 15) is 4.79 Å². The van der Waals surface area contributed by atoms with Gasteiger partial charge >= 0.3 is 0 Å². The average molecular weight is 207 g/mol. The maximum atomic E-state index is 12.0. The van der Waals surface area contributed by atoms with Crippen LogP contribution in [-0.2, 0) is 4.79 Å². The highest BCUT2D eigenvalue weighted by atomic mass is 16.3. The highest BCUT2D eigenvalue weighted by Gasteiger charge is 2.43. The number of amides is 1. The van der Waals surface area contributed by atoms with Crippen LogP contribution in [0.2, 0.25) is 0 Å². The lowest BCUT2D eigenvalue weighted by atomic mass is 9.85. The standard InChI is InChI=1S/C10H13N3O2/c14-9-10(1-3-11-4-2-10)13-8-6-15-5-7(8)12-9/h5-6,11,13H,1-4H2,(H,12,14). The van der Waals surface area contributed by atoms with Gasteiger partial charge in [0.05, 0.1) is 5.69 Å². The molecule has 1 aromatic rings. The van der Waals surface area contributed by atoms with Crippen molar-refractivity contribution in [1.29, 1.82) is 0 Å². The Bertz CT molecular complexity index is 393. The summed E-state index contributed by atoms with van der Waals surface area (Å²) in [6.45, 7) is 1.74. The van der Waals surface area contributed by atoms with E-state index >= 15 is 0 Å². The molecular formula is C10H13N3O2. The molecule has 15 heavy (non-hydrogen) atoms. The molecule has 2 aliphatic heterocycles. The zero-order chi connectivity index (χ0) is 10.3. The van der Waals surface area contributed by atoms with Crippen molar-refractivity contribution in [2.75, 3.05) is 23.7 Å². The molecule has 1 spiro atoms. The number of furan rings is 1. The highest BCUT2D eigenvalue weighted by Crippen LogP contribution is 2.35. The molecule has 1 aromatic heterocycles.